The standard InChI is InChI=1S/C17H28N2O4/c1-13(2)15(20)19-14(16(21)18-8-10-22-11-9-18)12-23-17(19)6-4-3-5-7-17/h13-14H,3-12H2,1-2H3/t14-/m0/s1. The first-order valence-corrected chi connectivity index (χ1v) is 8.89. The van der Waals surface area contributed by atoms with E-state index in [1.807, 2.05) is 18.7 Å². The summed E-state index contributed by atoms with van der Waals surface area (Å²) in [5.41, 5.74) is -0.549. The molecule has 3 rings (SSSR count). The molecule has 1 atom stereocenters. The van der Waals surface area contributed by atoms with Crippen molar-refractivity contribution in [3.8, 4) is 0 Å². The van der Waals surface area contributed by atoms with E-state index in [2.05, 4.69) is 0 Å². The molecule has 0 aromatic heterocycles. The van der Waals surface area contributed by atoms with Gasteiger partial charge in [0, 0.05) is 19.0 Å². The Labute approximate surface area is 138 Å². The summed E-state index contributed by atoms with van der Waals surface area (Å²) >= 11 is 0. The van der Waals surface area contributed by atoms with Gasteiger partial charge in [-0.1, -0.05) is 20.3 Å². The van der Waals surface area contributed by atoms with E-state index in [9.17, 15) is 9.59 Å². The second kappa shape index (κ2) is 6.77. The van der Waals surface area contributed by atoms with Crippen LogP contribution >= 0.6 is 0 Å². The summed E-state index contributed by atoms with van der Waals surface area (Å²) in [7, 11) is 0. The molecule has 2 amide bonds. The average molecular weight is 324 g/mol. The summed E-state index contributed by atoms with van der Waals surface area (Å²) in [6.45, 7) is 6.47. The van der Waals surface area contributed by atoms with Crippen LogP contribution in [0, 0.1) is 5.92 Å². The highest BCUT2D eigenvalue weighted by molar-refractivity contribution is 5.89. The number of ether oxygens (including phenoxy) is 2. The summed E-state index contributed by atoms with van der Waals surface area (Å²) in [5, 5.41) is 0. The molecule has 1 saturated carbocycles. The number of carbonyl (C=O) groups is 2. The average Bonchev–Trinajstić information content (AvgIpc) is 2.93. The number of hydrogen-bond acceptors (Lipinski definition) is 4. The van der Waals surface area contributed by atoms with Crippen molar-refractivity contribution in [3.63, 3.8) is 0 Å². The van der Waals surface area contributed by atoms with Crippen LogP contribution in [-0.2, 0) is 19.1 Å². The van der Waals surface area contributed by atoms with E-state index < -0.39 is 11.8 Å². The first kappa shape index (κ1) is 16.7. The van der Waals surface area contributed by atoms with Gasteiger partial charge in [0.15, 0.2) is 0 Å². The van der Waals surface area contributed by atoms with Gasteiger partial charge in [0.2, 0.25) is 11.8 Å². The maximum Gasteiger partial charge on any atom is 0.248 e. The van der Waals surface area contributed by atoms with Crippen molar-refractivity contribution in [2.75, 3.05) is 32.9 Å². The third-order valence-corrected chi connectivity index (χ3v) is 5.23. The Bertz CT molecular complexity index is 454. The molecular weight excluding hydrogens is 296 g/mol. The molecule has 2 saturated heterocycles. The van der Waals surface area contributed by atoms with E-state index in [4.69, 9.17) is 9.47 Å². The molecule has 1 aliphatic carbocycles. The lowest BCUT2D eigenvalue weighted by Gasteiger charge is -2.43. The number of hydrogen-bond donors (Lipinski definition) is 0. The van der Waals surface area contributed by atoms with Gasteiger partial charge in [-0.15, -0.1) is 0 Å². The van der Waals surface area contributed by atoms with Gasteiger partial charge in [-0.3, -0.25) is 14.5 Å². The summed E-state index contributed by atoms with van der Waals surface area (Å²) in [6, 6.07) is -0.471. The van der Waals surface area contributed by atoms with E-state index in [-0.39, 0.29) is 17.7 Å². The van der Waals surface area contributed by atoms with E-state index in [1.54, 1.807) is 4.90 Å². The maximum absolute atomic E-state index is 13.0. The quantitative estimate of drug-likeness (QED) is 0.770. The van der Waals surface area contributed by atoms with Crippen LogP contribution in [0.5, 0.6) is 0 Å². The van der Waals surface area contributed by atoms with Crippen LogP contribution in [0.25, 0.3) is 0 Å². The van der Waals surface area contributed by atoms with Crippen LogP contribution in [0.4, 0.5) is 0 Å². The number of carbonyl (C=O) groups excluding carboxylic acids is 2. The molecule has 0 radical (unpaired) electrons. The molecular formula is C17H28N2O4. The number of amides is 2. The molecule has 3 fully saturated rings. The molecule has 0 N–H and O–H groups in total. The second-order valence-electron chi connectivity index (χ2n) is 7.13. The van der Waals surface area contributed by atoms with Crippen LogP contribution < -0.4 is 0 Å². The third-order valence-electron chi connectivity index (χ3n) is 5.23. The Morgan fingerprint density at radius 2 is 1.74 bits per heavy atom. The highest BCUT2D eigenvalue weighted by atomic mass is 16.5. The van der Waals surface area contributed by atoms with Gasteiger partial charge < -0.3 is 14.4 Å². The van der Waals surface area contributed by atoms with Crippen LogP contribution in [0.1, 0.15) is 46.0 Å². The lowest BCUT2D eigenvalue weighted by atomic mass is 9.89. The highest BCUT2D eigenvalue weighted by Crippen LogP contribution is 2.41. The van der Waals surface area contributed by atoms with Crippen LogP contribution in [0.15, 0.2) is 0 Å². The number of rotatable bonds is 2. The molecule has 0 aromatic carbocycles. The Hall–Kier alpha value is -1.14. The minimum absolute atomic E-state index is 0.0183. The Morgan fingerprint density at radius 1 is 1.09 bits per heavy atom. The predicted molar refractivity (Wildman–Crippen MR) is 84.6 cm³/mol. The van der Waals surface area contributed by atoms with E-state index in [0.29, 0.717) is 32.9 Å². The predicted octanol–water partition coefficient (Wildman–Crippen LogP) is 1.39. The molecule has 3 aliphatic rings. The zero-order chi connectivity index (χ0) is 16.4. The molecule has 2 aliphatic heterocycles. The third kappa shape index (κ3) is 3.11. The monoisotopic (exact) mass is 324 g/mol. The number of morpholine rings is 1. The van der Waals surface area contributed by atoms with Crippen LogP contribution in [-0.4, -0.2) is 66.3 Å². The van der Waals surface area contributed by atoms with Crippen molar-refractivity contribution < 1.29 is 19.1 Å². The smallest absolute Gasteiger partial charge is 0.248 e. The van der Waals surface area contributed by atoms with Gasteiger partial charge in [-0.05, 0) is 25.7 Å². The zero-order valence-corrected chi connectivity index (χ0v) is 14.3. The fraction of sp³-hybridized carbons (Fsp3) is 0.882. The fourth-order valence-electron chi connectivity index (χ4n) is 3.96. The van der Waals surface area contributed by atoms with E-state index >= 15 is 0 Å². The second-order valence-corrected chi connectivity index (χ2v) is 7.13. The van der Waals surface area contributed by atoms with Crippen molar-refractivity contribution in [2.24, 2.45) is 5.92 Å². The van der Waals surface area contributed by atoms with Crippen LogP contribution in [0.3, 0.4) is 0 Å². The van der Waals surface area contributed by atoms with Gasteiger partial charge in [0.25, 0.3) is 0 Å². The van der Waals surface area contributed by atoms with Crippen molar-refractivity contribution in [3.05, 3.63) is 0 Å². The van der Waals surface area contributed by atoms with Crippen molar-refractivity contribution in [1.29, 1.82) is 0 Å². The molecule has 1 spiro atoms. The molecule has 0 bridgehead atoms. The fourth-order valence-corrected chi connectivity index (χ4v) is 3.96. The van der Waals surface area contributed by atoms with Gasteiger partial charge in [0.05, 0.1) is 19.8 Å². The van der Waals surface area contributed by atoms with Crippen molar-refractivity contribution in [1.82, 2.24) is 9.80 Å². The Morgan fingerprint density at radius 3 is 2.35 bits per heavy atom. The SMILES string of the molecule is CC(C)C(=O)N1[C@H](C(=O)N2CCOCC2)COC12CCCCC2. The van der Waals surface area contributed by atoms with Gasteiger partial charge >= 0.3 is 0 Å². The van der Waals surface area contributed by atoms with E-state index in [0.717, 1.165) is 25.7 Å². The lowest BCUT2D eigenvalue weighted by Crippen LogP contribution is -2.58. The molecule has 6 nitrogen and oxygen atoms in total. The molecule has 2 heterocycles. The first-order valence-electron chi connectivity index (χ1n) is 8.89. The van der Waals surface area contributed by atoms with Crippen molar-refractivity contribution in [2.45, 2.75) is 57.7 Å². The molecule has 0 aromatic rings. The summed E-state index contributed by atoms with van der Waals surface area (Å²) in [5.74, 6) is -0.0729. The molecule has 0 unspecified atom stereocenters. The van der Waals surface area contributed by atoms with Gasteiger partial charge in [0.1, 0.15) is 11.8 Å². The molecule has 130 valence electrons. The first-order chi connectivity index (χ1) is 11.1. The maximum atomic E-state index is 13.0. The van der Waals surface area contributed by atoms with E-state index in [1.165, 1.54) is 6.42 Å². The highest BCUT2D eigenvalue weighted by Gasteiger charge is 2.53. The lowest BCUT2D eigenvalue weighted by molar-refractivity contribution is -0.165. The summed E-state index contributed by atoms with van der Waals surface area (Å²) in [4.78, 5) is 29.4. The van der Waals surface area contributed by atoms with Crippen LogP contribution in [0.2, 0.25) is 0 Å². The summed E-state index contributed by atoms with van der Waals surface area (Å²) in [6.07, 6.45) is 4.98. The van der Waals surface area contributed by atoms with Gasteiger partial charge in [-0.2, -0.15) is 0 Å². The summed E-state index contributed by atoms with van der Waals surface area (Å²) < 4.78 is 11.4. The molecule has 6 heteroatoms. The van der Waals surface area contributed by atoms with Crippen molar-refractivity contribution >= 4 is 11.8 Å². The Balaban J connectivity index is 1.83. The normalized spacial score (nSPS) is 27.7. The topological polar surface area (TPSA) is 59.1 Å². The number of nitrogens with zero attached hydrogens (tertiary/aromatic N) is 2. The minimum atomic E-state index is -0.549. The molecule has 23 heavy (non-hydrogen) atoms. The largest absolute Gasteiger partial charge is 0.378 e. The zero-order valence-electron chi connectivity index (χ0n) is 14.3. The Kier molecular flexibility index (Phi) is 4.92. The minimum Gasteiger partial charge on any atom is -0.378 e. The van der Waals surface area contributed by atoms with Gasteiger partial charge in [-0.25, -0.2) is 0 Å².